The van der Waals surface area contributed by atoms with Gasteiger partial charge in [-0.1, -0.05) is 30.7 Å². The van der Waals surface area contributed by atoms with E-state index in [-0.39, 0.29) is 5.78 Å². The molecule has 0 unspecified atom stereocenters. The summed E-state index contributed by atoms with van der Waals surface area (Å²) >= 11 is 0. The first-order chi connectivity index (χ1) is 6.27. The van der Waals surface area contributed by atoms with Crippen LogP contribution in [0.15, 0.2) is 24.3 Å². The minimum absolute atomic E-state index is 0.153. The zero-order valence-electron chi connectivity index (χ0n) is 7.92. The Labute approximate surface area is 78.8 Å². The Morgan fingerprint density at radius 1 is 1.23 bits per heavy atom. The minimum Gasteiger partial charge on any atom is -0.295 e. The van der Waals surface area contributed by atoms with Gasteiger partial charge in [0, 0.05) is 5.56 Å². The molecule has 1 saturated carbocycles. The highest BCUT2D eigenvalue weighted by Gasteiger charge is 2.18. The molecule has 0 atom stereocenters. The van der Waals surface area contributed by atoms with Gasteiger partial charge in [0.15, 0.2) is 5.78 Å². The predicted molar refractivity (Wildman–Crippen MR) is 53.0 cm³/mol. The molecule has 68 valence electrons. The number of hydrogen-bond donors (Lipinski definition) is 0. The molecule has 1 aromatic rings. The van der Waals surface area contributed by atoms with Gasteiger partial charge in [0.2, 0.25) is 0 Å². The van der Waals surface area contributed by atoms with Gasteiger partial charge < -0.3 is 0 Å². The van der Waals surface area contributed by atoms with Crippen LogP contribution in [0, 0.1) is 0 Å². The first-order valence-corrected chi connectivity index (χ1v) is 4.88. The van der Waals surface area contributed by atoms with Crippen LogP contribution in [-0.4, -0.2) is 5.78 Å². The predicted octanol–water partition coefficient (Wildman–Crippen LogP) is 3.16. The number of ketones is 1. The quantitative estimate of drug-likeness (QED) is 0.629. The van der Waals surface area contributed by atoms with E-state index >= 15 is 0 Å². The van der Waals surface area contributed by atoms with Gasteiger partial charge in [0.1, 0.15) is 0 Å². The van der Waals surface area contributed by atoms with Crippen LogP contribution in [0.3, 0.4) is 0 Å². The first-order valence-electron chi connectivity index (χ1n) is 4.88. The lowest BCUT2D eigenvalue weighted by Crippen LogP contribution is -2.08. The second-order valence-electron chi connectivity index (χ2n) is 3.81. The van der Waals surface area contributed by atoms with E-state index in [1.807, 2.05) is 12.1 Å². The summed E-state index contributed by atoms with van der Waals surface area (Å²) in [4.78, 5) is 11.0. The zero-order chi connectivity index (χ0) is 9.26. The molecule has 1 heteroatoms. The van der Waals surface area contributed by atoms with Crippen molar-refractivity contribution in [1.82, 2.24) is 0 Å². The van der Waals surface area contributed by atoms with E-state index in [9.17, 15) is 4.79 Å². The molecule has 1 aliphatic carbocycles. The number of rotatable bonds is 2. The SMILES string of the molecule is CC(=O)c1ccc(C2CCC2)cc1. The highest BCUT2D eigenvalue weighted by atomic mass is 16.1. The van der Waals surface area contributed by atoms with E-state index in [1.165, 1.54) is 24.8 Å². The van der Waals surface area contributed by atoms with Gasteiger partial charge in [-0.05, 0) is 31.2 Å². The molecule has 0 radical (unpaired) electrons. The molecule has 1 aliphatic rings. The fourth-order valence-electron chi connectivity index (χ4n) is 1.73. The van der Waals surface area contributed by atoms with Crippen LogP contribution in [0.2, 0.25) is 0 Å². The van der Waals surface area contributed by atoms with Gasteiger partial charge in [-0.15, -0.1) is 0 Å². The maximum absolute atomic E-state index is 11.0. The second kappa shape index (κ2) is 3.33. The Morgan fingerprint density at radius 2 is 1.85 bits per heavy atom. The van der Waals surface area contributed by atoms with Gasteiger partial charge in [0.25, 0.3) is 0 Å². The molecule has 1 nitrogen and oxygen atoms in total. The fraction of sp³-hybridized carbons (Fsp3) is 0.417. The summed E-state index contributed by atoms with van der Waals surface area (Å²) in [5, 5.41) is 0. The summed E-state index contributed by atoms with van der Waals surface area (Å²) in [5.41, 5.74) is 2.22. The monoisotopic (exact) mass is 174 g/mol. The van der Waals surface area contributed by atoms with E-state index in [0.29, 0.717) is 0 Å². The number of carbonyl (C=O) groups is 1. The van der Waals surface area contributed by atoms with Crippen LogP contribution in [0.25, 0.3) is 0 Å². The van der Waals surface area contributed by atoms with Crippen molar-refractivity contribution in [1.29, 1.82) is 0 Å². The lowest BCUT2D eigenvalue weighted by atomic mass is 9.80. The molecule has 0 N–H and O–H groups in total. The fourth-order valence-corrected chi connectivity index (χ4v) is 1.73. The normalized spacial score (nSPS) is 16.7. The van der Waals surface area contributed by atoms with E-state index in [0.717, 1.165) is 11.5 Å². The molecule has 0 aliphatic heterocycles. The van der Waals surface area contributed by atoms with E-state index in [1.54, 1.807) is 6.92 Å². The highest BCUT2D eigenvalue weighted by molar-refractivity contribution is 5.94. The third-order valence-corrected chi connectivity index (χ3v) is 2.89. The minimum atomic E-state index is 0.153. The maximum atomic E-state index is 11.0. The molecule has 0 aromatic heterocycles. The van der Waals surface area contributed by atoms with Crippen molar-refractivity contribution < 1.29 is 4.79 Å². The van der Waals surface area contributed by atoms with Crippen LogP contribution in [0.1, 0.15) is 48.0 Å². The summed E-state index contributed by atoms with van der Waals surface area (Å²) < 4.78 is 0. The molecule has 2 rings (SSSR count). The van der Waals surface area contributed by atoms with E-state index < -0.39 is 0 Å². The topological polar surface area (TPSA) is 17.1 Å². The van der Waals surface area contributed by atoms with Crippen LogP contribution in [0.5, 0.6) is 0 Å². The Balaban J connectivity index is 2.17. The largest absolute Gasteiger partial charge is 0.295 e. The number of Topliss-reactive ketones (excluding diaryl/α,β-unsaturated/α-hetero) is 1. The first kappa shape index (κ1) is 8.49. The number of hydrogen-bond acceptors (Lipinski definition) is 1. The smallest absolute Gasteiger partial charge is 0.159 e. The van der Waals surface area contributed by atoms with Crippen LogP contribution in [0.4, 0.5) is 0 Å². The average Bonchev–Trinajstić information content (AvgIpc) is 2.02. The molecule has 0 heterocycles. The van der Waals surface area contributed by atoms with Crippen LogP contribution in [-0.2, 0) is 0 Å². The number of benzene rings is 1. The van der Waals surface area contributed by atoms with Crippen molar-refractivity contribution in [3.8, 4) is 0 Å². The molecule has 1 fully saturated rings. The molecule has 13 heavy (non-hydrogen) atoms. The zero-order valence-corrected chi connectivity index (χ0v) is 7.92. The lowest BCUT2D eigenvalue weighted by Gasteiger charge is -2.25. The summed E-state index contributed by atoms with van der Waals surface area (Å²) in [6, 6.07) is 8.08. The van der Waals surface area contributed by atoms with Gasteiger partial charge in [-0.3, -0.25) is 4.79 Å². The summed E-state index contributed by atoms with van der Waals surface area (Å²) in [6.07, 6.45) is 4.00. The highest BCUT2D eigenvalue weighted by Crippen LogP contribution is 2.36. The van der Waals surface area contributed by atoms with Crippen molar-refractivity contribution in [2.45, 2.75) is 32.1 Å². The van der Waals surface area contributed by atoms with Crippen molar-refractivity contribution in [3.63, 3.8) is 0 Å². The molecular weight excluding hydrogens is 160 g/mol. The van der Waals surface area contributed by atoms with E-state index in [2.05, 4.69) is 12.1 Å². The van der Waals surface area contributed by atoms with Gasteiger partial charge in [-0.25, -0.2) is 0 Å². The molecule has 0 spiro atoms. The Hall–Kier alpha value is -1.11. The number of carbonyl (C=O) groups excluding carboxylic acids is 1. The molecular formula is C12H14O. The van der Waals surface area contributed by atoms with E-state index in [4.69, 9.17) is 0 Å². The average molecular weight is 174 g/mol. The van der Waals surface area contributed by atoms with Crippen molar-refractivity contribution in [3.05, 3.63) is 35.4 Å². The summed E-state index contributed by atoms with van der Waals surface area (Å²) in [7, 11) is 0. The second-order valence-corrected chi connectivity index (χ2v) is 3.81. The van der Waals surface area contributed by atoms with Crippen molar-refractivity contribution >= 4 is 5.78 Å². The van der Waals surface area contributed by atoms with Gasteiger partial charge >= 0.3 is 0 Å². The standard InChI is InChI=1S/C12H14O/c1-9(13)10-5-7-12(8-6-10)11-3-2-4-11/h5-8,11H,2-4H2,1H3. The van der Waals surface area contributed by atoms with Crippen molar-refractivity contribution in [2.75, 3.05) is 0 Å². The van der Waals surface area contributed by atoms with Crippen molar-refractivity contribution in [2.24, 2.45) is 0 Å². The Morgan fingerprint density at radius 3 is 2.23 bits per heavy atom. The van der Waals surface area contributed by atoms with Gasteiger partial charge in [-0.2, -0.15) is 0 Å². The third kappa shape index (κ3) is 1.64. The third-order valence-electron chi connectivity index (χ3n) is 2.89. The summed E-state index contributed by atoms with van der Waals surface area (Å²) in [6.45, 7) is 1.61. The Kier molecular flexibility index (Phi) is 2.17. The van der Waals surface area contributed by atoms with Crippen LogP contribution >= 0.6 is 0 Å². The lowest BCUT2D eigenvalue weighted by molar-refractivity contribution is 0.101. The van der Waals surface area contributed by atoms with Gasteiger partial charge in [0.05, 0.1) is 0 Å². The Bertz CT molecular complexity index is 306. The maximum Gasteiger partial charge on any atom is 0.159 e. The molecule has 0 bridgehead atoms. The summed E-state index contributed by atoms with van der Waals surface area (Å²) in [5.74, 6) is 0.918. The molecule has 1 aromatic carbocycles. The molecule has 0 saturated heterocycles. The van der Waals surface area contributed by atoms with Crippen LogP contribution < -0.4 is 0 Å². The molecule has 0 amide bonds.